The van der Waals surface area contributed by atoms with Crippen molar-refractivity contribution in [3.05, 3.63) is 48.6 Å². The van der Waals surface area contributed by atoms with Crippen LogP contribution in [0.15, 0.2) is 48.6 Å². The van der Waals surface area contributed by atoms with Crippen molar-refractivity contribution in [1.82, 2.24) is 9.80 Å². The molecule has 0 aromatic heterocycles. The summed E-state index contributed by atoms with van der Waals surface area (Å²) in [5, 5.41) is 19.1. The molecular formula is C56H102N2O7. The molecule has 0 aromatic carbocycles. The van der Waals surface area contributed by atoms with E-state index in [0.29, 0.717) is 52.0 Å². The van der Waals surface area contributed by atoms with E-state index in [-0.39, 0.29) is 56.1 Å². The van der Waals surface area contributed by atoms with Crippen LogP contribution >= 0.6 is 0 Å². The monoisotopic (exact) mass is 915 g/mol. The van der Waals surface area contributed by atoms with E-state index in [1.54, 1.807) is 0 Å². The van der Waals surface area contributed by atoms with Gasteiger partial charge < -0.3 is 24.6 Å². The lowest BCUT2D eigenvalue weighted by Crippen LogP contribution is -2.43. The van der Waals surface area contributed by atoms with Crippen molar-refractivity contribution in [2.45, 2.75) is 220 Å². The first-order chi connectivity index (χ1) is 31.9. The van der Waals surface area contributed by atoms with E-state index in [9.17, 15) is 24.6 Å². The van der Waals surface area contributed by atoms with E-state index in [1.165, 1.54) is 51.4 Å². The second kappa shape index (κ2) is 49.2. The number of hydrogen-bond donors (Lipinski definition) is 2. The van der Waals surface area contributed by atoms with Crippen LogP contribution in [0.2, 0.25) is 0 Å². The maximum atomic E-state index is 14.1. The summed E-state index contributed by atoms with van der Waals surface area (Å²) in [6.07, 6.45) is 48.9. The largest absolute Gasteiger partial charge is 0.465 e. The third kappa shape index (κ3) is 41.2. The van der Waals surface area contributed by atoms with Crippen LogP contribution in [0.3, 0.4) is 0 Å². The third-order valence-corrected chi connectivity index (χ3v) is 12.1. The Morgan fingerprint density at radius 3 is 1.32 bits per heavy atom. The molecule has 0 aromatic rings. The minimum atomic E-state index is -0.347. The van der Waals surface area contributed by atoms with Crippen LogP contribution in [0.1, 0.15) is 220 Å². The van der Waals surface area contributed by atoms with Gasteiger partial charge in [-0.2, -0.15) is 0 Å². The molecule has 65 heavy (non-hydrogen) atoms. The number of hydrogen-bond acceptors (Lipinski definition) is 8. The van der Waals surface area contributed by atoms with Crippen LogP contribution in [-0.2, 0) is 23.9 Å². The van der Waals surface area contributed by atoms with Gasteiger partial charge in [-0.3, -0.25) is 19.3 Å². The molecule has 0 spiro atoms. The van der Waals surface area contributed by atoms with Gasteiger partial charge in [0.15, 0.2) is 0 Å². The predicted octanol–water partition coefficient (Wildman–Crippen LogP) is 13.4. The molecule has 0 aliphatic carbocycles. The van der Waals surface area contributed by atoms with Gasteiger partial charge in [-0.05, 0) is 96.3 Å². The number of carbonyl (C=O) groups is 3. The molecule has 1 atom stereocenters. The van der Waals surface area contributed by atoms with Crippen LogP contribution in [0, 0.1) is 11.8 Å². The lowest BCUT2D eigenvalue weighted by atomic mass is 9.96. The summed E-state index contributed by atoms with van der Waals surface area (Å²) < 4.78 is 11.7. The minimum absolute atomic E-state index is 0.00112. The Morgan fingerprint density at radius 2 is 0.892 bits per heavy atom. The number of esters is 2. The van der Waals surface area contributed by atoms with Crippen molar-refractivity contribution in [2.24, 2.45) is 11.8 Å². The Kier molecular flexibility index (Phi) is 47.1. The predicted molar refractivity (Wildman–Crippen MR) is 274 cm³/mol. The quantitative estimate of drug-likeness (QED) is 0.0352. The highest BCUT2D eigenvalue weighted by atomic mass is 16.5. The van der Waals surface area contributed by atoms with E-state index >= 15 is 0 Å². The molecule has 0 aliphatic heterocycles. The number of allylic oxidation sites excluding steroid dienone is 8. The van der Waals surface area contributed by atoms with Crippen LogP contribution in [0.25, 0.3) is 0 Å². The summed E-state index contributed by atoms with van der Waals surface area (Å²) in [6.45, 7) is 11.3. The van der Waals surface area contributed by atoms with Crippen molar-refractivity contribution in [3.63, 3.8) is 0 Å². The number of unbranched alkanes of at least 4 members (excludes halogenated alkanes) is 18. The fourth-order valence-electron chi connectivity index (χ4n) is 7.99. The first-order valence-electron chi connectivity index (χ1n) is 27.0. The van der Waals surface area contributed by atoms with Gasteiger partial charge in [0.25, 0.3) is 0 Å². The molecule has 0 aliphatic rings. The summed E-state index contributed by atoms with van der Waals surface area (Å²) in [5.74, 6) is -0.846. The van der Waals surface area contributed by atoms with Crippen LogP contribution in [-0.4, -0.2) is 97.0 Å². The zero-order chi connectivity index (χ0) is 47.7. The van der Waals surface area contributed by atoms with Crippen LogP contribution in [0.4, 0.5) is 0 Å². The molecule has 0 heterocycles. The van der Waals surface area contributed by atoms with Crippen LogP contribution in [0.5, 0.6) is 0 Å². The zero-order valence-corrected chi connectivity index (χ0v) is 42.7. The summed E-state index contributed by atoms with van der Waals surface area (Å²) in [6, 6.07) is 0. The van der Waals surface area contributed by atoms with Crippen molar-refractivity contribution in [1.29, 1.82) is 0 Å². The molecule has 0 saturated heterocycles. The fourth-order valence-corrected chi connectivity index (χ4v) is 7.99. The molecule has 0 bridgehead atoms. The van der Waals surface area contributed by atoms with Gasteiger partial charge in [0.1, 0.15) is 0 Å². The van der Waals surface area contributed by atoms with Gasteiger partial charge in [0.2, 0.25) is 5.91 Å². The average Bonchev–Trinajstić information content (AvgIpc) is 3.30. The van der Waals surface area contributed by atoms with E-state index in [1.807, 2.05) is 9.80 Å². The molecule has 0 radical (unpaired) electrons. The Labute approximate surface area is 400 Å². The Bertz CT molecular complexity index is 1130. The fraction of sp³-hybridized carbons (Fsp3) is 0.804. The summed E-state index contributed by atoms with van der Waals surface area (Å²) in [7, 11) is 0. The number of nitrogens with zero attached hydrogens (tertiary/aromatic N) is 2. The highest BCUT2D eigenvalue weighted by molar-refractivity contribution is 5.78. The van der Waals surface area contributed by atoms with Crippen molar-refractivity contribution < 1.29 is 34.1 Å². The van der Waals surface area contributed by atoms with Crippen LogP contribution < -0.4 is 0 Å². The highest BCUT2D eigenvalue weighted by Gasteiger charge is 2.27. The Balaban J connectivity index is 5.23. The van der Waals surface area contributed by atoms with E-state index in [0.717, 1.165) is 122 Å². The molecule has 378 valence electrons. The van der Waals surface area contributed by atoms with Gasteiger partial charge in [0, 0.05) is 57.4 Å². The summed E-state index contributed by atoms with van der Waals surface area (Å²) in [5.41, 5.74) is 0. The number of aliphatic hydroxyl groups excluding tert-OH is 2. The highest BCUT2D eigenvalue weighted by Crippen LogP contribution is 2.20. The number of ether oxygens (including phenoxy) is 2. The SMILES string of the molecule is CCCCC/C=C\C/C=C\CCCCCCCC(=O)OCC(COC(=O)CCCCCCC/C=C\C/C=C\CCCCC)CN(CCCN(CCO)CCO)C(=O)C(CC)CCCCC. The maximum Gasteiger partial charge on any atom is 0.305 e. The number of rotatable bonds is 48. The maximum absolute atomic E-state index is 14.1. The zero-order valence-electron chi connectivity index (χ0n) is 42.7. The lowest BCUT2D eigenvalue weighted by Gasteiger charge is -2.31. The van der Waals surface area contributed by atoms with Gasteiger partial charge in [-0.1, -0.05) is 160 Å². The second-order valence-electron chi connectivity index (χ2n) is 18.2. The molecule has 9 nitrogen and oxygen atoms in total. The molecule has 0 fully saturated rings. The van der Waals surface area contributed by atoms with E-state index < -0.39 is 0 Å². The van der Waals surface area contributed by atoms with Crippen molar-refractivity contribution in [3.8, 4) is 0 Å². The Hall–Kier alpha value is -2.75. The van der Waals surface area contributed by atoms with Crippen molar-refractivity contribution in [2.75, 3.05) is 59.2 Å². The summed E-state index contributed by atoms with van der Waals surface area (Å²) >= 11 is 0. The minimum Gasteiger partial charge on any atom is -0.465 e. The first kappa shape index (κ1) is 62.2. The number of aliphatic hydroxyl groups is 2. The molecule has 1 unspecified atom stereocenters. The molecule has 9 heteroatoms. The molecule has 2 N–H and O–H groups in total. The molecule has 1 amide bonds. The normalized spacial score (nSPS) is 12.6. The number of amides is 1. The molecule has 0 rings (SSSR count). The van der Waals surface area contributed by atoms with Crippen molar-refractivity contribution >= 4 is 17.8 Å². The van der Waals surface area contributed by atoms with E-state index in [4.69, 9.17) is 9.47 Å². The van der Waals surface area contributed by atoms with Gasteiger partial charge >= 0.3 is 11.9 Å². The third-order valence-electron chi connectivity index (χ3n) is 12.1. The molecule has 0 saturated carbocycles. The first-order valence-corrected chi connectivity index (χ1v) is 27.0. The van der Waals surface area contributed by atoms with E-state index in [2.05, 4.69) is 76.3 Å². The second-order valence-corrected chi connectivity index (χ2v) is 18.2. The smallest absolute Gasteiger partial charge is 0.305 e. The lowest BCUT2D eigenvalue weighted by molar-refractivity contribution is -0.150. The Morgan fingerprint density at radius 1 is 0.477 bits per heavy atom. The van der Waals surface area contributed by atoms with Gasteiger partial charge in [-0.25, -0.2) is 0 Å². The van der Waals surface area contributed by atoms with Gasteiger partial charge in [0.05, 0.1) is 26.4 Å². The average molecular weight is 915 g/mol. The number of carbonyl (C=O) groups excluding carboxylic acids is 3. The summed E-state index contributed by atoms with van der Waals surface area (Å²) in [4.78, 5) is 44.0. The topological polar surface area (TPSA) is 117 Å². The molecular weight excluding hydrogens is 813 g/mol. The van der Waals surface area contributed by atoms with Gasteiger partial charge in [-0.15, -0.1) is 0 Å². The standard InChI is InChI=1S/C56H102N2O7/c1-5-9-12-14-16-18-20-22-24-26-28-30-32-34-37-41-54(61)64-50-52(51-65-55(62)42-38-35-33-31-29-27-25-23-21-19-17-15-13-10-6-2)49-58(44-39-43-57(45-47-59)46-48-60)56(63)53(8-4)40-36-11-7-3/h16-19,22-25,52-53,59-60H,5-15,20-21,26-51H2,1-4H3/b18-16-,19-17-,24-22-,25-23-.